The third-order valence-corrected chi connectivity index (χ3v) is 5.17. The Morgan fingerprint density at radius 3 is 2.48 bits per heavy atom. The van der Waals surface area contributed by atoms with Crippen molar-refractivity contribution in [3.05, 3.63) is 53.6 Å². The number of nitrogens with one attached hydrogen (secondary N) is 1. The van der Waals surface area contributed by atoms with Crippen molar-refractivity contribution in [2.24, 2.45) is 5.92 Å². The van der Waals surface area contributed by atoms with Crippen LogP contribution in [0.3, 0.4) is 0 Å². The van der Waals surface area contributed by atoms with Gasteiger partial charge in [0.2, 0.25) is 0 Å². The number of ether oxygens (including phenoxy) is 2. The molecule has 0 aromatic heterocycles. The average molecular weight is 388 g/mol. The number of hydrogen-bond acceptors (Lipinski definition) is 3. The molecule has 0 saturated heterocycles. The van der Waals surface area contributed by atoms with Crippen molar-refractivity contribution < 1.29 is 14.3 Å². The van der Waals surface area contributed by atoms with Crippen LogP contribution >= 0.6 is 11.6 Å². The summed E-state index contributed by atoms with van der Waals surface area (Å²) in [5.74, 6) is 1.91. The van der Waals surface area contributed by atoms with Crippen LogP contribution in [0, 0.1) is 5.92 Å². The largest absolute Gasteiger partial charge is 0.494 e. The molecule has 5 heteroatoms. The fourth-order valence-electron chi connectivity index (χ4n) is 3.36. The average Bonchev–Trinajstić information content (AvgIpc) is 2.69. The molecule has 0 unspecified atom stereocenters. The molecule has 1 aliphatic rings. The Morgan fingerprint density at radius 2 is 1.74 bits per heavy atom. The number of rotatable bonds is 8. The molecule has 4 nitrogen and oxygen atoms in total. The molecule has 1 amide bonds. The highest BCUT2D eigenvalue weighted by Gasteiger charge is 2.13. The zero-order valence-electron chi connectivity index (χ0n) is 15.5. The summed E-state index contributed by atoms with van der Waals surface area (Å²) in [6.45, 7) is 0.658. The van der Waals surface area contributed by atoms with Crippen molar-refractivity contribution in [3.8, 4) is 11.5 Å². The molecular formula is C22H26ClNO3. The van der Waals surface area contributed by atoms with E-state index in [2.05, 4.69) is 5.32 Å². The van der Waals surface area contributed by atoms with Crippen LogP contribution in [0.4, 0.5) is 5.69 Å². The second-order valence-electron chi connectivity index (χ2n) is 6.93. The molecule has 0 aliphatic heterocycles. The van der Waals surface area contributed by atoms with Gasteiger partial charge in [-0.25, -0.2) is 0 Å². The molecule has 27 heavy (non-hydrogen) atoms. The molecule has 2 aromatic rings. The van der Waals surface area contributed by atoms with Crippen LogP contribution in [0.2, 0.25) is 5.02 Å². The fraction of sp³-hybridized carbons (Fsp3) is 0.409. The van der Waals surface area contributed by atoms with Crippen molar-refractivity contribution >= 4 is 23.2 Å². The number of anilines is 1. The third-order valence-electron chi connectivity index (χ3n) is 4.85. The predicted molar refractivity (Wildman–Crippen MR) is 109 cm³/mol. The maximum absolute atomic E-state index is 12.0. The van der Waals surface area contributed by atoms with E-state index in [4.69, 9.17) is 21.1 Å². The summed E-state index contributed by atoms with van der Waals surface area (Å²) in [7, 11) is 0. The van der Waals surface area contributed by atoms with E-state index >= 15 is 0 Å². The molecule has 1 N–H and O–H groups in total. The minimum atomic E-state index is -0.235. The standard InChI is InChI=1S/C22H26ClNO3/c23-20-8-4-5-9-21(20)27-16-22(25)24-18-10-12-19(13-11-18)26-15-14-17-6-2-1-3-7-17/h4-5,8-13,17H,1-3,6-7,14-16H2,(H,24,25). The highest BCUT2D eigenvalue weighted by Crippen LogP contribution is 2.26. The number of halogens is 1. The minimum Gasteiger partial charge on any atom is -0.494 e. The van der Waals surface area contributed by atoms with E-state index in [1.54, 1.807) is 12.1 Å². The maximum Gasteiger partial charge on any atom is 0.262 e. The smallest absolute Gasteiger partial charge is 0.262 e. The Bertz CT molecular complexity index is 727. The quantitative estimate of drug-likeness (QED) is 0.631. The maximum atomic E-state index is 12.0. The van der Waals surface area contributed by atoms with E-state index < -0.39 is 0 Å². The SMILES string of the molecule is O=C(COc1ccccc1Cl)Nc1ccc(OCCC2CCCCC2)cc1. The number of carbonyl (C=O) groups is 1. The number of carbonyl (C=O) groups excluding carboxylic acids is 1. The third kappa shape index (κ3) is 6.47. The molecule has 0 atom stereocenters. The van der Waals surface area contributed by atoms with Crippen LogP contribution in [-0.2, 0) is 4.79 Å². The molecule has 144 valence electrons. The van der Waals surface area contributed by atoms with Gasteiger partial charge in [-0.15, -0.1) is 0 Å². The van der Waals surface area contributed by atoms with Gasteiger partial charge in [0.1, 0.15) is 11.5 Å². The van der Waals surface area contributed by atoms with Crippen molar-refractivity contribution in [1.29, 1.82) is 0 Å². The Hall–Kier alpha value is -2.20. The highest BCUT2D eigenvalue weighted by atomic mass is 35.5. The molecule has 0 radical (unpaired) electrons. The van der Waals surface area contributed by atoms with Crippen LogP contribution in [0.5, 0.6) is 11.5 Å². The first kappa shape index (κ1) is 19.6. The Labute approximate surface area is 165 Å². The Balaban J connectivity index is 1.39. The molecule has 3 rings (SSSR count). The first-order valence-electron chi connectivity index (χ1n) is 9.61. The van der Waals surface area contributed by atoms with Crippen molar-refractivity contribution in [3.63, 3.8) is 0 Å². The molecule has 1 aliphatic carbocycles. The second kappa shape index (κ2) is 10.2. The van der Waals surface area contributed by atoms with Crippen LogP contribution in [0.25, 0.3) is 0 Å². The molecular weight excluding hydrogens is 362 g/mol. The van der Waals surface area contributed by atoms with E-state index in [-0.39, 0.29) is 12.5 Å². The van der Waals surface area contributed by atoms with E-state index in [9.17, 15) is 4.79 Å². The van der Waals surface area contributed by atoms with Crippen LogP contribution < -0.4 is 14.8 Å². The second-order valence-corrected chi connectivity index (χ2v) is 7.34. The topological polar surface area (TPSA) is 47.6 Å². The molecule has 0 heterocycles. The van der Waals surface area contributed by atoms with Gasteiger partial charge in [-0.2, -0.15) is 0 Å². The van der Waals surface area contributed by atoms with Gasteiger partial charge >= 0.3 is 0 Å². The molecule has 0 bridgehead atoms. The summed E-state index contributed by atoms with van der Waals surface area (Å²) in [4.78, 5) is 12.0. The minimum absolute atomic E-state index is 0.0939. The lowest BCUT2D eigenvalue weighted by molar-refractivity contribution is -0.118. The van der Waals surface area contributed by atoms with Gasteiger partial charge in [-0.3, -0.25) is 4.79 Å². The Morgan fingerprint density at radius 1 is 1.00 bits per heavy atom. The van der Waals surface area contributed by atoms with E-state index in [0.717, 1.165) is 24.7 Å². The fourth-order valence-corrected chi connectivity index (χ4v) is 3.55. The monoisotopic (exact) mass is 387 g/mol. The van der Waals surface area contributed by atoms with Crippen molar-refractivity contribution in [2.75, 3.05) is 18.5 Å². The van der Waals surface area contributed by atoms with Crippen LogP contribution in [0.15, 0.2) is 48.5 Å². The number of benzene rings is 2. The summed E-state index contributed by atoms with van der Waals surface area (Å²) >= 11 is 6.01. The molecule has 1 fully saturated rings. The first-order chi connectivity index (χ1) is 13.2. The van der Waals surface area contributed by atoms with E-state index in [1.807, 2.05) is 36.4 Å². The van der Waals surface area contributed by atoms with Crippen LogP contribution in [0.1, 0.15) is 38.5 Å². The summed E-state index contributed by atoms with van der Waals surface area (Å²) in [5, 5.41) is 3.29. The van der Waals surface area contributed by atoms with Crippen molar-refractivity contribution in [1.82, 2.24) is 0 Å². The van der Waals surface area contributed by atoms with Gasteiger partial charge in [0.05, 0.1) is 11.6 Å². The van der Waals surface area contributed by atoms with Crippen molar-refractivity contribution in [2.45, 2.75) is 38.5 Å². The van der Waals surface area contributed by atoms with Gasteiger partial charge in [0, 0.05) is 5.69 Å². The summed E-state index contributed by atoms with van der Waals surface area (Å²) in [5.41, 5.74) is 0.711. The zero-order valence-corrected chi connectivity index (χ0v) is 16.2. The number of hydrogen-bond donors (Lipinski definition) is 1. The lowest BCUT2D eigenvalue weighted by atomic mass is 9.87. The number of amides is 1. The van der Waals surface area contributed by atoms with Gasteiger partial charge in [0.25, 0.3) is 5.91 Å². The lowest BCUT2D eigenvalue weighted by Crippen LogP contribution is -2.20. The highest BCUT2D eigenvalue weighted by molar-refractivity contribution is 6.32. The number of para-hydroxylation sites is 1. The molecule has 2 aromatic carbocycles. The summed E-state index contributed by atoms with van der Waals surface area (Å²) in [6, 6.07) is 14.5. The van der Waals surface area contributed by atoms with E-state index in [1.165, 1.54) is 32.1 Å². The van der Waals surface area contributed by atoms with Gasteiger partial charge in [-0.05, 0) is 48.7 Å². The zero-order chi connectivity index (χ0) is 18.9. The molecule has 0 spiro atoms. The predicted octanol–water partition coefficient (Wildman–Crippen LogP) is 5.71. The normalized spacial score (nSPS) is 14.6. The van der Waals surface area contributed by atoms with Gasteiger partial charge in [-0.1, -0.05) is 55.8 Å². The Kier molecular flexibility index (Phi) is 7.40. The molecule has 1 saturated carbocycles. The van der Waals surface area contributed by atoms with Gasteiger partial charge < -0.3 is 14.8 Å². The van der Waals surface area contributed by atoms with E-state index in [0.29, 0.717) is 16.5 Å². The summed E-state index contributed by atoms with van der Waals surface area (Å²) < 4.78 is 11.3. The van der Waals surface area contributed by atoms with Gasteiger partial charge in [0.15, 0.2) is 6.61 Å². The summed E-state index contributed by atoms with van der Waals surface area (Å²) in [6.07, 6.45) is 7.90. The first-order valence-corrected chi connectivity index (χ1v) is 9.98. The van der Waals surface area contributed by atoms with Crippen LogP contribution in [-0.4, -0.2) is 19.1 Å². The lowest BCUT2D eigenvalue weighted by Gasteiger charge is -2.21.